The summed E-state index contributed by atoms with van der Waals surface area (Å²) >= 11 is 3.40. The van der Waals surface area contributed by atoms with Crippen molar-refractivity contribution in [2.24, 2.45) is 5.73 Å². The van der Waals surface area contributed by atoms with Crippen LogP contribution in [0.4, 0.5) is 32.0 Å². The number of nitrogens with two attached hydrogens (primary N) is 1. The van der Waals surface area contributed by atoms with Gasteiger partial charge in [-0.05, 0) is 48.7 Å². The van der Waals surface area contributed by atoms with Crippen LogP contribution >= 0.6 is 15.9 Å². The minimum Gasteiger partial charge on any atom is -0.475 e. The number of alkyl halides is 6. The van der Waals surface area contributed by atoms with Gasteiger partial charge >= 0.3 is 24.3 Å². The summed E-state index contributed by atoms with van der Waals surface area (Å²) in [5, 5.41) is 26.0. The molecule has 0 radical (unpaired) electrons. The highest BCUT2D eigenvalue weighted by Crippen LogP contribution is 2.23. The number of benzene rings is 2. The van der Waals surface area contributed by atoms with Gasteiger partial charge in [-0.2, -0.15) is 31.4 Å². The third-order valence-corrected chi connectivity index (χ3v) is 6.13. The maximum atomic E-state index is 12.7. The van der Waals surface area contributed by atoms with E-state index in [0.29, 0.717) is 19.1 Å². The molecule has 3 aromatic rings. The molecule has 1 aliphatic heterocycles. The lowest BCUT2D eigenvalue weighted by Crippen LogP contribution is -2.45. The van der Waals surface area contributed by atoms with Crippen LogP contribution in [0.3, 0.4) is 0 Å². The number of piperidine rings is 1. The summed E-state index contributed by atoms with van der Waals surface area (Å²) in [5.41, 5.74) is 9.13. The Bertz CT molecular complexity index is 1300. The number of aliphatic carboxylic acids is 2. The zero-order valence-electron chi connectivity index (χ0n) is 20.8. The highest BCUT2D eigenvalue weighted by molar-refractivity contribution is 9.10. The second-order valence-electron chi connectivity index (χ2n) is 8.55. The number of carbonyl (C=O) groups is 3. The van der Waals surface area contributed by atoms with Crippen molar-refractivity contribution in [3.8, 4) is 0 Å². The maximum Gasteiger partial charge on any atom is 0.490 e. The first-order valence-electron chi connectivity index (χ1n) is 11.6. The number of fused-ring (bicyclic) bond motifs is 1. The average molecular weight is 656 g/mol. The van der Waals surface area contributed by atoms with E-state index in [1.54, 1.807) is 0 Å². The summed E-state index contributed by atoms with van der Waals surface area (Å²) in [4.78, 5) is 32.4. The molecule has 0 aliphatic carbocycles. The van der Waals surface area contributed by atoms with Gasteiger partial charge < -0.3 is 26.2 Å². The smallest absolute Gasteiger partial charge is 0.475 e. The first-order chi connectivity index (χ1) is 19.0. The number of amides is 1. The van der Waals surface area contributed by atoms with Crippen molar-refractivity contribution in [3.63, 3.8) is 0 Å². The molecule has 0 saturated carbocycles. The van der Waals surface area contributed by atoms with Crippen molar-refractivity contribution < 1.29 is 50.9 Å². The van der Waals surface area contributed by atoms with Crippen molar-refractivity contribution in [1.82, 2.24) is 15.1 Å². The number of nitrogens with zero attached hydrogens (tertiary/aromatic N) is 2. The van der Waals surface area contributed by atoms with E-state index in [2.05, 4.69) is 49.6 Å². The second kappa shape index (κ2) is 14.2. The lowest BCUT2D eigenvalue weighted by Gasteiger charge is -2.34. The van der Waals surface area contributed by atoms with Crippen molar-refractivity contribution >= 4 is 50.4 Å². The number of rotatable bonds is 4. The summed E-state index contributed by atoms with van der Waals surface area (Å²) in [5.74, 6) is -5.52. The van der Waals surface area contributed by atoms with Gasteiger partial charge in [-0.25, -0.2) is 9.59 Å². The van der Waals surface area contributed by atoms with Gasteiger partial charge in [0.2, 0.25) is 5.91 Å². The molecule has 0 spiro atoms. The lowest BCUT2D eigenvalue weighted by molar-refractivity contribution is -0.193. The number of likely N-dealkylation sites (tertiary alicyclic amines) is 1. The molecular formula is C24H24BrF6N5O5. The van der Waals surface area contributed by atoms with Crippen LogP contribution in [0.2, 0.25) is 0 Å². The normalized spacial score (nSPS) is 14.7. The molecule has 1 aliphatic rings. The quantitative estimate of drug-likeness (QED) is 0.253. The molecule has 4 rings (SSSR count). The number of carboxylic acids is 2. The largest absolute Gasteiger partial charge is 0.490 e. The van der Waals surface area contributed by atoms with Crippen LogP contribution in [0.25, 0.3) is 10.9 Å². The summed E-state index contributed by atoms with van der Waals surface area (Å²) in [7, 11) is 0. The molecule has 2 aromatic carbocycles. The van der Waals surface area contributed by atoms with Gasteiger partial charge in [0.1, 0.15) is 6.04 Å². The van der Waals surface area contributed by atoms with Gasteiger partial charge in [0, 0.05) is 34.7 Å². The van der Waals surface area contributed by atoms with Gasteiger partial charge in [-0.3, -0.25) is 9.89 Å². The zero-order valence-corrected chi connectivity index (χ0v) is 22.4. The van der Waals surface area contributed by atoms with E-state index in [1.807, 2.05) is 35.4 Å². The van der Waals surface area contributed by atoms with Gasteiger partial charge in [-0.15, -0.1) is 0 Å². The van der Waals surface area contributed by atoms with Crippen molar-refractivity contribution in [1.29, 1.82) is 0 Å². The summed E-state index contributed by atoms with van der Waals surface area (Å²) < 4.78 is 64.5. The van der Waals surface area contributed by atoms with Gasteiger partial charge in [-0.1, -0.05) is 28.1 Å². The summed E-state index contributed by atoms with van der Waals surface area (Å²) in [6.07, 6.45) is -6.54. The Balaban J connectivity index is 0.000000349. The van der Waals surface area contributed by atoms with Crippen LogP contribution in [-0.2, 0) is 14.4 Å². The van der Waals surface area contributed by atoms with Crippen molar-refractivity contribution in [2.75, 3.05) is 18.4 Å². The Kier molecular flexibility index (Phi) is 11.5. The highest BCUT2D eigenvalue weighted by atomic mass is 79.9. The highest BCUT2D eigenvalue weighted by Gasteiger charge is 2.38. The van der Waals surface area contributed by atoms with E-state index in [-0.39, 0.29) is 5.91 Å². The van der Waals surface area contributed by atoms with E-state index in [1.165, 1.54) is 0 Å². The molecule has 6 N–H and O–H groups in total. The number of H-pyrrole nitrogens is 1. The minimum absolute atomic E-state index is 0.00495. The number of nitrogens with one attached hydrogen (secondary N) is 2. The fourth-order valence-electron chi connectivity index (χ4n) is 3.52. The molecule has 10 nitrogen and oxygen atoms in total. The monoisotopic (exact) mass is 655 g/mol. The third-order valence-electron chi connectivity index (χ3n) is 5.60. The van der Waals surface area contributed by atoms with Gasteiger partial charge in [0.15, 0.2) is 0 Å². The molecule has 1 fully saturated rings. The number of carbonyl (C=O) groups excluding carboxylic acids is 1. The Morgan fingerprint density at radius 3 is 1.98 bits per heavy atom. The topological polar surface area (TPSA) is 162 Å². The van der Waals surface area contributed by atoms with Crippen LogP contribution in [0, 0.1) is 0 Å². The molecule has 1 amide bonds. The molecule has 41 heavy (non-hydrogen) atoms. The molecule has 2 heterocycles. The van der Waals surface area contributed by atoms with Crippen LogP contribution in [-0.4, -0.2) is 74.6 Å². The van der Waals surface area contributed by atoms with Gasteiger partial charge in [0.25, 0.3) is 0 Å². The Morgan fingerprint density at radius 1 is 0.976 bits per heavy atom. The van der Waals surface area contributed by atoms with E-state index < -0.39 is 30.3 Å². The van der Waals surface area contributed by atoms with Crippen molar-refractivity contribution in [3.05, 3.63) is 58.7 Å². The number of carboxylic acid groups (broad SMARTS) is 2. The van der Waals surface area contributed by atoms with E-state index >= 15 is 0 Å². The van der Waals surface area contributed by atoms with Gasteiger partial charge in [0.05, 0.1) is 11.7 Å². The molecule has 1 aromatic heterocycles. The summed E-state index contributed by atoms with van der Waals surface area (Å²) in [6, 6.07) is 13.5. The third kappa shape index (κ3) is 10.6. The molecule has 1 atom stereocenters. The Hall–Kier alpha value is -3.86. The standard InChI is InChI=1S/C20H22BrN5O.2C2HF3O2/c21-15-4-1-13(2-5-15)19(22)20(27)26-9-7-16(8-10-26)24-17-6-3-14-12-23-25-18(14)11-17;2*3-2(4,5)1(6)7/h1-6,11-12,16,19,24H,7-10,22H2,(H,23,25);2*(H,6,7). The molecule has 17 heteroatoms. The molecule has 1 saturated heterocycles. The maximum absolute atomic E-state index is 12.7. The Morgan fingerprint density at radius 2 is 1.49 bits per heavy atom. The van der Waals surface area contributed by atoms with Crippen LogP contribution in [0.15, 0.2) is 53.1 Å². The first kappa shape index (κ1) is 33.3. The van der Waals surface area contributed by atoms with Crippen LogP contribution in [0.1, 0.15) is 24.4 Å². The van der Waals surface area contributed by atoms with E-state index in [0.717, 1.165) is 39.5 Å². The SMILES string of the molecule is NC(C(=O)N1CCC(Nc2ccc3cn[nH]c3c2)CC1)c1ccc(Br)cc1.O=C(O)C(F)(F)F.O=C(O)C(F)(F)F. The fraction of sp³-hybridized carbons (Fsp3) is 0.333. The van der Waals surface area contributed by atoms with Crippen LogP contribution < -0.4 is 11.1 Å². The molecule has 224 valence electrons. The fourth-order valence-corrected chi connectivity index (χ4v) is 3.78. The number of hydrogen-bond donors (Lipinski definition) is 5. The molecular weight excluding hydrogens is 632 g/mol. The zero-order chi connectivity index (χ0) is 31.0. The molecule has 0 bridgehead atoms. The first-order valence-corrected chi connectivity index (χ1v) is 12.4. The van der Waals surface area contributed by atoms with E-state index in [4.69, 9.17) is 25.5 Å². The second-order valence-corrected chi connectivity index (χ2v) is 9.47. The molecule has 1 unspecified atom stereocenters. The number of aromatic amines is 1. The predicted octanol–water partition coefficient (Wildman–Crippen LogP) is 4.69. The van der Waals surface area contributed by atoms with E-state index in [9.17, 15) is 31.1 Å². The number of anilines is 1. The summed E-state index contributed by atoms with van der Waals surface area (Å²) in [6.45, 7) is 1.43. The number of aromatic nitrogens is 2. The lowest BCUT2D eigenvalue weighted by atomic mass is 10.0. The van der Waals surface area contributed by atoms with Crippen LogP contribution in [0.5, 0.6) is 0 Å². The minimum atomic E-state index is -5.08. The predicted molar refractivity (Wildman–Crippen MR) is 138 cm³/mol. The van der Waals surface area contributed by atoms with Crippen molar-refractivity contribution in [2.45, 2.75) is 37.3 Å². The average Bonchev–Trinajstić information content (AvgIpc) is 3.36. The number of halogens is 7. The number of hydrogen-bond acceptors (Lipinski definition) is 6. The Labute approximate surface area is 236 Å².